The fraction of sp³-hybridized carbons (Fsp3) is 0.733. The number of rotatable bonds is 3. The Kier molecular flexibility index (Phi) is 3.53. The van der Waals surface area contributed by atoms with Gasteiger partial charge < -0.3 is 5.32 Å². The molecule has 1 saturated carbocycles. The van der Waals surface area contributed by atoms with Crippen molar-refractivity contribution in [1.82, 2.24) is 5.32 Å². The molecule has 2 aliphatic carbocycles. The van der Waals surface area contributed by atoms with Crippen molar-refractivity contribution in [3.8, 4) is 0 Å². The van der Waals surface area contributed by atoms with Crippen LogP contribution in [0.3, 0.4) is 0 Å². The summed E-state index contributed by atoms with van der Waals surface area (Å²) in [5.41, 5.74) is 1.60. The second-order valence-electron chi connectivity index (χ2n) is 5.74. The molecular formula is C15H23NS. The van der Waals surface area contributed by atoms with E-state index in [4.69, 9.17) is 0 Å². The van der Waals surface area contributed by atoms with Crippen molar-refractivity contribution in [3.05, 3.63) is 21.9 Å². The van der Waals surface area contributed by atoms with Crippen LogP contribution in [-0.2, 0) is 6.42 Å². The molecule has 1 heterocycles. The lowest BCUT2D eigenvalue weighted by molar-refractivity contribution is 0.325. The van der Waals surface area contributed by atoms with Gasteiger partial charge in [0, 0.05) is 17.0 Å². The lowest BCUT2D eigenvalue weighted by atomic mass is 9.91. The Morgan fingerprint density at radius 3 is 2.88 bits per heavy atom. The average Bonchev–Trinajstić information content (AvgIpc) is 3.00. The Balaban J connectivity index is 1.66. The molecule has 2 aliphatic rings. The molecule has 1 N–H and O–H groups in total. The highest BCUT2D eigenvalue weighted by Gasteiger charge is 2.26. The Morgan fingerprint density at radius 2 is 2.06 bits per heavy atom. The number of hydrogen-bond acceptors (Lipinski definition) is 2. The Morgan fingerprint density at radius 1 is 1.24 bits per heavy atom. The van der Waals surface area contributed by atoms with Gasteiger partial charge in [0.15, 0.2) is 0 Å². The summed E-state index contributed by atoms with van der Waals surface area (Å²) in [5, 5.41) is 6.18. The van der Waals surface area contributed by atoms with Crippen LogP contribution in [0.2, 0.25) is 0 Å². The van der Waals surface area contributed by atoms with Crippen LogP contribution < -0.4 is 5.32 Å². The van der Waals surface area contributed by atoms with Crippen LogP contribution in [-0.4, -0.2) is 6.04 Å². The summed E-state index contributed by atoms with van der Waals surface area (Å²) >= 11 is 1.95. The van der Waals surface area contributed by atoms with Crippen molar-refractivity contribution >= 4 is 11.3 Å². The second kappa shape index (κ2) is 5.11. The minimum Gasteiger partial charge on any atom is -0.307 e. The van der Waals surface area contributed by atoms with Crippen LogP contribution in [0.5, 0.6) is 0 Å². The summed E-state index contributed by atoms with van der Waals surface area (Å²) in [4.78, 5) is 1.63. The predicted octanol–water partition coefficient (Wildman–Crippen LogP) is 4.29. The molecule has 0 aromatic carbocycles. The summed E-state index contributed by atoms with van der Waals surface area (Å²) in [6.07, 6.45) is 9.79. The maximum Gasteiger partial charge on any atom is 0.0333 e. The number of hydrogen-bond donors (Lipinski definition) is 1. The van der Waals surface area contributed by atoms with E-state index in [1.807, 2.05) is 11.3 Å². The van der Waals surface area contributed by atoms with Gasteiger partial charge in [0.25, 0.3) is 0 Å². The highest BCUT2D eigenvalue weighted by Crippen LogP contribution is 2.35. The standard InChI is InChI=1S/C15H23NS/c1-11(12-5-2-3-6-12)16-14-7-4-8-15-13(14)9-10-17-15/h9-12,14,16H,2-8H2,1H3. The molecule has 2 atom stereocenters. The molecule has 1 fully saturated rings. The van der Waals surface area contributed by atoms with Crippen LogP contribution in [0, 0.1) is 5.92 Å². The van der Waals surface area contributed by atoms with E-state index < -0.39 is 0 Å². The lowest BCUT2D eigenvalue weighted by Gasteiger charge is -2.30. The van der Waals surface area contributed by atoms with E-state index in [9.17, 15) is 0 Å². The van der Waals surface area contributed by atoms with Gasteiger partial charge in [0.05, 0.1) is 0 Å². The zero-order valence-electron chi connectivity index (χ0n) is 10.7. The van der Waals surface area contributed by atoms with Gasteiger partial charge >= 0.3 is 0 Å². The first kappa shape index (κ1) is 11.7. The predicted molar refractivity (Wildman–Crippen MR) is 74.6 cm³/mol. The highest BCUT2D eigenvalue weighted by atomic mass is 32.1. The van der Waals surface area contributed by atoms with Gasteiger partial charge in [-0.3, -0.25) is 0 Å². The van der Waals surface area contributed by atoms with Gasteiger partial charge in [-0.15, -0.1) is 11.3 Å². The molecule has 0 bridgehead atoms. The molecule has 0 radical (unpaired) electrons. The average molecular weight is 249 g/mol. The monoisotopic (exact) mass is 249 g/mol. The van der Waals surface area contributed by atoms with Crippen molar-refractivity contribution in [1.29, 1.82) is 0 Å². The third kappa shape index (κ3) is 2.43. The minimum absolute atomic E-state index is 0.639. The Bertz CT molecular complexity index is 365. The first-order valence-corrected chi connectivity index (χ1v) is 8.05. The Hall–Kier alpha value is -0.340. The van der Waals surface area contributed by atoms with Crippen molar-refractivity contribution < 1.29 is 0 Å². The largest absolute Gasteiger partial charge is 0.307 e. The summed E-state index contributed by atoms with van der Waals surface area (Å²) in [6.45, 7) is 2.40. The van der Waals surface area contributed by atoms with Gasteiger partial charge in [0.2, 0.25) is 0 Å². The second-order valence-corrected chi connectivity index (χ2v) is 6.74. The molecule has 0 aliphatic heterocycles. The molecule has 3 rings (SSSR count). The smallest absolute Gasteiger partial charge is 0.0333 e. The van der Waals surface area contributed by atoms with E-state index in [2.05, 4.69) is 23.7 Å². The molecule has 17 heavy (non-hydrogen) atoms. The van der Waals surface area contributed by atoms with Gasteiger partial charge in [-0.05, 0) is 62.0 Å². The summed E-state index contributed by atoms with van der Waals surface area (Å²) < 4.78 is 0. The van der Waals surface area contributed by atoms with Crippen LogP contribution in [0.1, 0.15) is 61.9 Å². The first-order valence-electron chi connectivity index (χ1n) is 7.17. The van der Waals surface area contributed by atoms with Crippen molar-refractivity contribution in [2.75, 3.05) is 0 Å². The number of aryl methyl sites for hydroxylation is 1. The van der Waals surface area contributed by atoms with Gasteiger partial charge in [-0.25, -0.2) is 0 Å². The fourth-order valence-corrected chi connectivity index (χ4v) is 4.56. The normalized spacial score (nSPS) is 27.0. The molecule has 1 aromatic heterocycles. The summed E-state index contributed by atoms with van der Waals surface area (Å²) in [6, 6.07) is 3.69. The van der Waals surface area contributed by atoms with E-state index in [1.165, 1.54) is 44.9 Å². The maximum absolute atomic E-state index is 3.91. The number of nitrogens with one attached hydrogen (secondary N) is 1. The molecule has 0 saturated heterocycles. The maximum atomic E-state index is 3.91. The minimum atomic E-state index is 0.639. The molecule has 0 spiro atoms. The lowest BCUT2D eigenvalue weighted by Crippen LogP contribution is -2.36. The van der Waals surface area contributed by atoms with Gasteiger partial charge in [0.1, 0.15) is 0 Å². The molecule has 1 nitrogen and oxygen atoms in total. The third-order valence-corrected chi connectivity index (χ3v) is 5.62. The SMILES string of the molecule is CC(NC1CCCc2sccc21)C1CCCC1. The van der Waals surface area contributed by atoms with Crippen molar-refractivity contribution in [2.45, 2.75) is 64.0 Å². The van der Waals surface area contributed by atoms with Crippen molar-refractivity contribution in [2.24, 2.45) is 5.92 Å². The van der Waals surface area contributed by atoms with E-state index in [0.717, 1.165) is 5.92 Å². The van der Waals surface area contributed by atoms with E-state index >= 15 is 0 Å². The third-order valence-electron chi connectivity index (χ3n) is 4.62. The van der Waals surface area contributed by atoms with E-state index in [0.29, 0.717) is 12.1 Å². The topological polar surface area (TPSA) is 12.0 Å². The molecule has 2 heteroatoms. The number of thiophene rings is 1. The van der Waals surface area contributed by atoms with Crippen LogP contribution >= 0.6 is 11.3 Å². The zero-order valence-corrected chi connectivity index (χ0v) is 11.6. The fourth-order valence-electron chi connectivity index (χ4n) is 3.57. The van der Waals surface area contributed by atoms with E-state index in [-0.39, 0.29) is 0 Å². The van der Waals surface area contributed by atoms with Gasteiger partial charge in [-0.1, -0.05) is 12.8 Å². The quantitative estimate of drug-likeness (QED) is 0.842. The molecule has 2 unspecified atom stereocenters. The zero-order chi connectivity index (χ0) is 11.7. The molecule has 0 amide bonds. The van der Waals surface area contributed by atoms with Crippen LogP contribution in [0.4, 0.5) is 0 Å². The summed E-state index contributed by atoms with van der Waals surface area (Å²) in [7, 11) is 0. The molecule has 1 aromatic rings. The van der Waals surface area contributed by atoms with Crippen LogP contribution in [0.15, 0.2) is 11.4 Å². The first-order chi connectivity index (χ1) is 8.34. The van der Waals surface area contributed by atoms with Crippen molar-refractivity contribution in [3.63, 3.8) is 0 Å². The summed E-state index contributed by atoms with van der Waals surface area (Å²) in [5.74, 6) is 0.930. The highest BCUT2D eigenvalue weighted by molar-refractivity contribution is 7.10. The van der Waals surface area contributed by atoms with E-state index in [1.54, 1.807) is 10.4 Å². The Labute approximate surface area is 109 Å². The molecular weight excluding hydrogens is 226 g/mol. The van der Waals surface area contributed by atoms with Crippen LogP contribution in [0.25, 0.3) is 0 Å². The number of fused-ring (bicyclic) bond motifs is 1. The van der Waals surface area contributed by atoms with Gasteiger partial charge in [-0.2, -0.15) is 0 Å². The molecule has 94 valence electrons.